The van der Waals surface area contributed by atoms with Gasteiger partial charge in [0, 0.05) is 12.7 Å². The van der Waals surface area contributed by atoms with Crippen molar-refractivity contribution in [3.63, 3.8) is 0 Å². The van der Waals surface area contributed by atoms with Crippen LogP contribution >= 0.6 is 0 Å². The van der Waals surface area contributed by atoms with Gasteiger partial charge in [0.2, 0.25) is 5.95 Å². The Hall–Kier alpha value is -3.08. The van der Waals surface area contributed by atoms with Crippen molar-refractivity contribution in [2.24, 2.45) is 0 Å². The van der Waals surface area contributed by atoms with E-state index >= 15 is 0 Å². The second-order valence-corrected chi connectivity index (χ2v) is 5.66. The average molecular weight is 334 g/mol. The van der Waals surface area contributed by atoms with E-state index < -0.39 is 0 Å². The highest BCUT2D eigenvalue weighted by atomic mass is 16.5. The lowest BCUT2D eigenvalue weighted by Gasteiger charge is -2.12. The monoisotopic (exact) mass is 334 g/mol. The molecule has 0 aliphatic rings. The Balaban J connectivity index is 1.69. The largest absolute Gasteiger partial charge is 0.492 e. The number of para-hydroxylation sites is 2. The Morgan fingerprint density at radius 2 is 1.92 bits per heavy atom. The van der Waals surface area contributed by atoms with Crippen molar-refractivity contribution in [3.05, 3.63) is 71.9 Å². The van der Waals surface area contributed by atoms with Gasteiger partial charge >= 0.3 is 0 Å². The molecule has 1 heterocycles. The van der Waals surface area contributed by atoms with Gasteiger partial charge in [-0.3, -0.25) is 0 Å². The lowest BCUT2D eigenvalue weighted by Crippen LogP contribution is -2.05. The minimum Gasteiger partial charge on any atom is -0.492 e. The first-order chi connectivity index (χ1) is 12.2. The minimum atomic E-state index is 0.584. The highest BCUT2D eigenvalue weighted by molar-refractivity contribution is 5.64. The molecular weight excluding hydrogens is 312 g/mol. The Bertz CT molecular complexity index is 835. The minimum absolute atomic E-state index is 0.584. The normalized spacial score (nSPS) is 10.3. The van der Waals surface area contributed by atoms with E-state index in [1.807, 2.05) is 37.3 Å². The van der Waals surface area contributed by atoms with E-state index in [1.54, 1.807) is 6.20 Å². The fourth-order valence-corrected chi connectivity index (χ4v) is 2.51. The van der Waals surface area contributed by atoms with Gasteiger partial charge in [-0.1, -0.05) is 42.0 Å². The van der Waals surface area contributed by atoms with E-state index in [1.165, 1.54) is 11.1 Å². The molecule has 0 aliphatic heterocycles. The summed E-state index contributed by atoms with van der Waals surface area (Å²) in [6.07, 6.45) is 1.73. The maximum absolute atomic E-state index is 5.63. The van der Waals surface area contributed by atoms with Crippen molar-refractivity contribution in [1.29, 1.82) is 0 Å². The number of hydrogen-bond donors (Lipinski definition) is 2. The van der Waals surface area contributed by atoms with E-state index in [2.05, 4.69) is 51.8 Å². The number of nitrogens with one attached hydrogen (secondary N) is 2. The standard InChI is InChI=1S/C20H22N4O/c1-3-25-18-10-5-4-9-17(18)23-19-11-12-21-20(24-19)22-14-16-8-6-7-15(2)13-16/h4-13H,3,14H2,1-2H3,(H2,21,22,23,24). The third kappa shape index (κ3) is 4.70. The Morgan fingerprint density at radius 1 is 1.04 bits per heavy atom. The first-order valence-corrected chi connectivity index (χ1v) is 8.36. The Labute approximate surface area is 148 Å². The molecule has 0 saturated heterocycles. The smallest absolute Gasteiger partial charge is 0.224 e. The molecule has 0 amide bonds. The van der Waals surface area contributed by atoms with Crippen LogP contribution in [0.1, 0.15) is 18.1 Å². The summed E-state index contributed by atoms with van der Waals surface area (Å²) in [6.45, 7) is 5.35. The summed E-state index contributed by atoms with van der Waals surface area (Å²) in [6, 6.07) is 18.0. The van der Waals surface area contributed by atoms with E-state index in [-0.39, 0.29) is 0 Å². The van der Waals surface area contributed by atoms with Crippen molar-refractivity contribution >= 4 is 17.5 Å². The molecule has 0 saturated carbocycles. The second-order valence-electron chi connectivity index (χ2n) is 5.66. The third-order valence-electron chi connectivity index (χ3n) is 3.64. The quantitative estimate of drug-likeness (QED) is 0.664. The molecular formula is C20H22N4O. The van der Waals surface area contributed by atoms with Crippen LogP contribution in [0, 0.1) is 6.92 Å². The van der Waals surface area contributed by atoms with Crippen molar-refractivity contribution in [2.45, 2.75) is 20.4 Å². The topological polar surface area (TPSA) is 59.1 Å². The number of rotatable bonds is 7. The van der Waals surface area contributed by atoms with E-state index in [0.29, 0.717) is 24.9 Å². The summed E-state index contributed by atoms with van der Waals surface area (Å²) >= 11 is 0. The van der Waals surface area contributed by atoms with Gasteiger partial charge in [-0.25, -0.2) is 4.98 Å². The van der Waals surface area contributed by atoms with Crippen molar-refractivity contribution < 1.29 is 4.74 Å². The molecule has 3 rings (SSSR count). The highest BCUT2D eigenvalue weighted by Crippen LogP contribution is 2.26. The van der Waals surface area contributed by atoms with Gasteiger partial charge in [-0.2, -0.15) is 4.98 Å². The molecule has 0 radical (unpaired) electrons. The number of nitrogens with zero attached hydrogens (tertiary/aromatic N) is 2. The highest BCUT2D eigenvalue weighted by Gasteiger charge is 2.05. The summed E-state index contributed by atoms with van der Waals surface area (Å²) in [5.74, 6) is 2.10. The van der Waals surface area contributed by atoms with Crippen molar-refractivity contribution in [3.8, 4) is 5.75 Å². The molecule has 1 aromatic heterocycles. The zero-order chi connectivity index (χ0) is 17.5. The summed E-state index contributed by atoms with van der Waals surface area (Å²) in [5.41, 5.74) is 3.32. The van der Waals surface area contributed by atoms with Gasteiger partial charge in [0.15, 0.2) is 0 Å². The number of aryl methyl sites for hydroxylation is 1. The molecule has 128 valence electrons. The van der Waals surface area contributed by atoms with Gasteiger partial charge in [0.1, 0.15) is 11.6 Å². The van der Waals surface area contributed by atoms with Crippen molar-refractivity contribution in [2.75, 3.05) is 17.2 Å². The molecule has 0 spiro atoms. The first kappa shape index (κ1) is 16.8. The van der Waals surface area contributed by atoms with Crippen LogP contribution in [0.15, 0.2) is 60.8 Å². The predicted octanol–water partition coefficient (Wildman–Crippen LogP) is 4.54. The van der Waals surface area contributed by atoms with Gasteiger partial charge in [0.05, 0.1) is 12.3 Å². The molecule has 2 N–H and O–H groups in total. The first-order valence-electron chi connectivity index (χ1n) is 8.36. The number of benzene rings is 2. The maximum atomic E-state index is 5.63. The lowest BCUT2D eigenvalue weighted by atomic mass is 10.1. The lowest BCUT2D eigenvalue weighted by molar-refractivity contribution is 0.342. The number of ether oxygens (including phenoxy) is 1. The fourth-order valence-electron chi connectivity index (χ4n) is 2.51. The summed E-state index contributed by atoms with van der Waals surface area (Å²) in [7, 11) is 0. The molecule has 0 aliphatic carbocycles. The molecule has 25 heavy (non-hydrogen) atoms. The number of aromatic nitrogens is 2. The van der Waals surface area contributed by atoms with Crippen LogP contribution in [0.2, 0.25) is 0 Å². The fraction of sp³-hybridized carbons (Fsp3) is 0.200. The predicted molar refractivity (Wildman–Crippen MR) is 101 cm³/mol. The SMILES string of the molecule is CCOc1ccccc1Nc1ccnc(NCc2cccc(C)c2)n1. The molecule has 0 bridgehead atoms. The molecule has 5 nitrogen and oxygen atoms in total. The number of hydrogen-bond acceptors (Lipinski definition) is 5. The van der Waals surface area contributed by atoms with Crippen LogP contribution < -0.4 is 15.4 Å². The molecule has 5 heteroatoms. The van der Waals surface area contributed by atoms with Gasteiger partial charge in [0.25, 0.3) is 0 Å². The van der Waals surface area contributed by atoms with Crippen LogP contribution in [-0.4, -0.2) is 16.6 Å². The van der Waals surface area contributed by atoms with Crippen LogP contribution in [0.5, 0.6) is 5.75 Å². The van der Waals surface area contributed by atoms with Gasteiger partial charge in [-0.15, -0.1) is 0 Å². The van der Waals surface area contributed by atoms with Crippen LogP contribution in [0.3, 0.4) is 0 Å². The van der Waals surface area contributed by atoms with Gasteiger partial charge in [-0.05, 0) is 37.6 Å². The molecule has 0 unspecified atom stereocenters. The van der Waals surface area contributed by atoms with E-state index in [0.717, 1.165) is 11.4 Å². The summed E-state index contributed by atoms with van der Waals surface area (Å²) < 4.78 is 5.63. The average Bonchev–Trinajstić information content (AvgIpc) is 2.62. The van der Waals surface area contributed by atoms with Gasteiger partial charge < -0.3 is 15.4 Å². The molecule has 0 fully saturated rings. The Kier molecular flexibility index (Phi) is 5.46. The van der Waals surface area contributed by atoms with Crippen LogP contribution in [0.25, 0.3) is 0 Å². The van der Waals surface area contributed by atoms with Crippen molar-refractivity contribution in [1.82, 2.24) is 9.97 Å². The molecule has 3 aromatic rings. The van der Waals surface area contributed by atoms with Crippen LogP contribution in [0.4, 0.5) is 17.5 Å². The Morgan fingerprint density at radius 3 is 2.76 bits per heavy atom. The molecule has 0 atom stereocenters. The number of anilines is 3. The zero-order valence-corrected chi connectivity index (χ0v) is 14.5. The third-order valence-corrected chi connectivity index (χ3v) is 3.64. The second kappa shape index (κ2) is 8.15. The zero-order valence-electron chi connectivity index (χ0n) is 14.5. The van der Waals surface area contributed by atoms with Crippen LogP contribution in [-0.2, 0) is 6.54 Å². The van der Waals surface area contributed by atoms with E-state index in [9.17, 15) is 0 Å². The molecule has 2 aromatic carbocycles. The van der Waals surface area contributed by atoms with E-state index in [4.69, 9.17) is 4.74 Å². The summed E-state index contributed by atoms with van der Waals surface area (Å²) in [5, 5.41) is 6.55. The maximum Gasteiger partial charge on any atom is 0.224 e. The summed E-state index contributed by atoms with van der Waals surface area (Å²) in [4.78, 5) is 8.80.